The molecule has 2 aromatic carbocycles. The summed E-state index contributed by atoms with van der Waals surface area (Å²) in [4.78, 5) is 26.2. The normalized spacial score (nSPS) is 11.2. The quantitative estimate of drug-likeness (QED) is 0.189. The number of rotatable bonds is 13. The van der Waals surface area contributed by atoms with Gasteiger partial charge in [0, 0.05) is 13.7 Å². The average Bonchev–Trinajstić information content (AvgIpc) is 3.38. The topological polar surface area (TPSA) is 112 Å². The van der Waals surface area contributed by atoms with E-state index < -0.39 is 16.1 Å². The molecule has 3 aromatic rings. The van der Waals surface area contributed by atoms with Crippen LogP contribution in [0.1, 0.15) is 41.4 Å². The van der Waals surface area contributed by atoms with Gasteiger partial charge in [0.25, 0.3) is 0 Å². The van der Waals surface area contributed by atoms with Crippen molar-refractivity contribution in [2.24, 2.45) is 0 Å². The Kier molecular flexibility index (Phi) is 9.66. The molecule has 0 spiro atoms. The summed E-state index contributed by atoms with van der Waals surface area (Å²) in [6.07, 6.45) is 3.05. The summed E-state index contributed by atoms with van der Waals surface area (Å²) in [6, 6.07) is 15.6. The standard InChI is InChI=1S/C26H29NO8S/c1-3-4-15-34-26(29)23-9-5-6-10-24(23)36(30,31)35-21-13-11-20(12-14-21)17-27(25(28)19-32-2)18-22-8-7-16-33-22/h5-14,16H,3-4,15,17-19H2,1-2H3. The molecule has 9 nitrogen and oxygen atoms in total. The van der Waals surface area contributed by atoms with E-state index in [4.69, 9.17) is 18.1 Å². The average molecular weight is 516 g/mol. The molecule has 0 saturated heterocycles. The number of carbonyl (C=O) groups is 2. The van der Waals surface area contributed by atoms with Crippen molar-refractivity contribution in [3.05, 3.63) is 83.8 Å². The van der Waals surface area contributed by atoms with Crippen LogP contribution in [0.25, 0.3) is 0 Å². The largest absolute Gasteiger partial charge is 0.467 e. The van der Waals surface area contributed by atoms with Crippen LogP contribution >= 0.6 is 0 Å². The monoisotopic (exact) mass is 515 g/mol. The molecule has 1 amide bonds. The fourth-order valence-electron chi connectivity index (χ4n) is 3.32. The van der Waals surface area contributed by atoms with Gasteiger partial charge in [-0.15, -0.1) is 0 Å². The highest BCUT2D eigenvalue weighted by atomic mass is 32.2. The van der Waals surface area contributed by atoms with Crippen LogP contribution in [0.3, 0.4) is 0 Å². The third kappa shape index (κ3) is 7.43. The molecule has 10 heteroatoms. The lowest BCUT2D eigenvalue weighted by molar-refractivity contribution is -0.136. The number of carbonyl (C=O) groups excluding carboxylic acids is 2. The fourth-order valence-corrected chi connectivity index (χ4v) is 4.44. The minimum atomic E-state index is -4.30. The van der Waals surface area contributed by atoms with Crippen LogP contribution in [0.4, 0.5) is 0 Å². The molecule has 0 fully saturated rings. The van der Waals surface area contributed by atoms with Gasteiger partial charge in [0.2, 0.25) is 5.91 Å². The van der Waals surface area contributed by atoms with Crippen LogP contribution in [0.15, 0.2) is 76.2 Å². The Balaban J connectivity index is 1.72. The van der Waals surface area contributed by atoms with Crippen molar-refractivity contribution in [2.45, 2.75) is 37.8 Å². The smallest absolute Gasteiger partial charge is 0.340 e. The van der Waals surface area contributed by atoms with E-state index in [0.29, 0.717) is 12.2 Å². The van der Waals surface area contributed by atoms with E-state index in [2.05, 4.69) is 0 Å². The number of benzene rings is 2. The maximum absolute atomic E-state index is 13.0. The maximum Gasteiger partial charge on any atom is 0.340 e. The van der Waals surface area contributed by atoms with Crippen molar-refractivity contribution in [1.29, 1.82) is 0 Å². The van der Waals surface area contributed by atoms with Crippen molar-refractivity contribution in [3.8, 4) is 5.75 Å². The van der Waals surface area contributed by atoms with Crippen molar-refractivity contribution >= 4 is 22.0 Å². The van der Waals surface area contributed by atoms with Gasteiger partial charge in [-0.2, -0.15) is 8.42 Å². The number of esters is 1. The molecule has 192 valence electrons. The molecule has 0 saturated carbocycles. The molecule has 0 bridgehead atoms. The molecule has 0 radical (unpaired) electrons. The zero-order valence-corrected chi connectivity index (χ0v) is 21.0. The van der Waals surface area contributed by atoms with Gasteiger partial charge in [-0.3, -0.25) is 4.79 Å². The van der Waals surface area contributed by atoms with E-state index in [-0.39, 0.29) is 48.4 Å². The molecule has 0 aliphatic carbocycles. The molecule has 3 rings (SSSR count). The molecular formula is C26H29NO8S. The molecule has 0 aliphatic heterocycles. The number of unbranched alkanes of at least 4 members (excludes halogenated alkanes) is 1. The van der Waals surface area contributed by atoms with Crippen LogP contribution in [-0.4, -0.2) is 45.5 Å². The first-order chi connectivity index (χ1) is 17.3. The SMILES string of the molecule is CCCCOC(=O)c1ccccc1S(=O)(=O)Oc1ccc(CN(Cc2ccco2)C(=O)COC)cc1. The third-order valence-electron chi connectivity index (χ3n) is 5.16. The van der Waals surface area contributed by atoms with E-state index >= 15 is 0 Å². The first-order valence-corrected chi connectivity index (χ1v) is 12.8. The van der Waals surface area contributed by atoms with Gasteiger partial charge in [0.05, 0.1) is 25.0 Å². The van der Waals surface area contributed by atoms with Gasteiger partial charge in [-0.05, 0) is 48.4 Å². The molecule has 0 aliphatic rings. The van der Waals surface area contributed by atoms with Gasteiger partial charge < -0.3 is 23.0 Å². The fraction of sp³-hybridized carbons (Fsp3) is 0.308. The van der Waals surface area contributed by atoms with Gasteiger partial charge >= 0.3 is 16.1 Å². The third-order valence-corrected chi connectivity index (χ3v) is 6.46. The Morgan fingerprint density at radius 2 is 1.72 bits per heavy atom. The van der Waals surface area contributed by atoms with E-state index in [0.717, 1.165) is 12.0 Å². The van der Waals surface area contributed by atoms with Crippen LogP contribution < -0.4 is 4.18 Å². The number of nitrogens with zero attached hydrogens (tertiary/aromatic N) is 1. The number of amides is 1. The predicted octanol–water partition coefficient (Wildman–Crippen LogP) is 4.18. The maximum atomic E-state index is 13.0. The summed E-state index contributed by atoms with van der Waals surface area (Å²) in [5, 5.41) is 0. The lowest BCUT2D eigenvalue weighted by Gasteiger charge is -2.21. The van der Waals surface area contributed by atoms with Gasteiger partial charge in [-0.25, -0.2) is 4.79 Å². The van der Waals surface area contributed by atoms with Gasteiger partial charge in [-0.1, -0.05) is 37.6 Å². The number of furan rings is 1. The van der Waals surface area contributed by atoms with Crippen LogP contribution in [0.2, 0.25) is 0 Å². The Hall–Kier alpha value is -3.63. The van der Waals surface area contributed by atoms with E-state index in [1.165, 1.54) is 43.7 Å². The van der Waals surface area contributed by atoms with Crippen LogP contribution in [-0.2, 0) is 37.5 Å². The van der Waals surface area contributed by atoms with Crippen molar-refractivity contribution in [1.82, 2.24) is 4.90 Å². The number of methoxy groups -OCH3 is 1. The van der Waals surface area contributed by atoms with Crippen molar-refractivity contribution in [3.63, 3.8) is 0 Å². The Bertz CT molecular complexity index is 1240. The molecular weight excluding hydrogens is 486 g/mol. The second kappa shape index (κ2) is 12.9. The van der Waals surface area contributed by atoms with Gasteiger partial charge in [0.15, 0.2) is 0 Å². The molecule has 0 N–H and O–H groups in total. The zero-order valence-electron chi connectivity index (χ0n) is 20.2. The Morgan fingerprint density at radius 3 is 2.39 bits per heavy atom. The highest BCUT2D eigenvalue weighted by Crippen LogP contribution is 2.23. The van der Waals surface area contributed by atoms with Crippen molar-refractivity contribution in [2.75, 3.05) is 20.3 Å². The van der Waals surface area contributed by atoms with Crippen LogP contribution in [0, 0.1) is 0 Å². The summed E-state index contributed by atoms with van der Waals surface area (Å²) < 4.78 is 46.7. The number of hydrogen-bond acceptors (Lipinski definition) is 8. The first kappa shape index (κ1) is 27.0. The van der Waals surface area contributed by atoms with Crippen molar-refractivity contribution < 1.29 is 36.1 Å². The number of ether oxygens (including phenoxy) is 2. The summed E-state index contributed by atoms with van der Waals surface area (Å²) in [7, 11) is -2.86. The summed E-state index contributed by atoms with van der Waals surface area (Å²) in [5.74, 6) is -0.260. The molecule has 1 aromatic heterocycles. The second-order valence-corrected chi connectivity index (χ2v) is 9.44. The first-order valence-electron chi connectivity index (χ1n) is 11.4. The minimum Gasteiger partial charge on any atom is -0.467 e. The predicted molar refractivity (Wildman–Crippen MR) is 131 cm³/mol. The highest BCUT2D eigenvalue weighted by Gasteiger charge is 2.25. The summed E-state index contributed by atoms with van der Waals surface area (Å²) in [5.41, 5.74) is 0.658. The number of hydrogen-bond donors (Lipinski definition) is 0. The molecule has 0 atom stereocenters. The van der Waals surface area contributed by atoms with Gasteiger partial charge in [0.1, 0.15) is 23.0 Å². The van der Waals surface area contributed by atoms with E-state index in [1.54, 1.807) is 35.2 Å². The summed E-state index contributed by atoms with van der Waals surface area (Å²) >= 11 is 0. The Morgan fingerprint density at radius 1 is 0.972 bits per heavy atom. The molecule has 36 heavy (non-hydrogen) atoms. The van der Waals surface area contributed by atoms with E-state index in [9.17, 15) is 18.0 Å². The molecule has 1 heterocycles. The Labute approximate surface area is 210 Å². The zero-order chi connectivity index (χ0) is 26.0. The lowest BCUT2D eigenvalue weighted by Crippen LogP contribution is -2.32. The molecule has 0 unspecified atom stereocenters. The van der Waals surface area contributed by atoms with Crippen LogP contribution in [0.5, 0.6) is 5.75 Å². The summed E-state index contributed by atoms with van der Waals surface area (Å²) in [6.45, 7) is 2.59. The lowest BCUT2D eigenvalue weighted by atomic mass is 10.2. The van der Waals surface area contributed by atoms with E-state index in [1.807, 2.05) is 6.92 Å². The second-order valence-electron chi connectivity index (χ2n) is 7.93. The minimum absolute atomic E-state index is 0.0636. The highest BCUT2D eigenvalue weighted by molar-refractivity contribution is 7.87.